The predicted octanol–water partition coefficient (Wildman–Crippen LogP) is -4.63. The van der Waals surface area contributed by atoms with E-state index in [4.69, 9.17) is 24.7 Å². The highest BCUT2D eigenvalue weighted by Gasteiger charge is 2.50. The van der Waals surface area contributed by atoms with Crippen LogP contribution in [0.5, 0.6) is 0 Å². The molecule has 10 atom stereocenters. The van der Waals surface area contributed by atoms with E-state index in [0.29, 0.717) is 19.4 Å². The maximum absolute atomic E-state index is 10.4. The van der Waals surface area contributed by atoms with E-state index < -0.39 is 74.6 Å². The van der Waals surface area contributed by atoms with Gasteiger partial charge in [0.2, 0.25) is 0 Å². The van der Waals surface area contributed by atoms with Crippen LogP contribution >= 0.6 is 0 Å². The van der Waals surface area contributed by atoms with Gasteiger partial charge >= 0.3 is 0 Å². The molecule has 0 aliphatic carbocycles. The van der Waals surface area contributed by atoms with E-state index in [1.165, 1.54) is 0 Å². The number of rotatable bonds is 9. The molecule has 2 saturated heterocycles. The third-order valence-corrected chi connectivity index (χ3v) is 4.84. The Bertz CT molecular complexity index is 454. The van der Waals surface area contributed by atoms with Crippen LogP contribution in [-0.4, -0.2) is 124 Å². The van der Waals surface area contributed by atoms with Crippen LogP contribution in [0, 0.1) is 0 Å². The highest BCUT2D eigenvalue weighted by molar-refractivity contribution is 4.94. The molecular weight excluding hydrogens is 382 g/mol. The van der Waals surface area contributed by atoms with Crippen molar-refractivity contribution in [2.45, 2.75) is 74.3 Å². The lowest BCUT2D eigenvalue weighted by atomic mass is 9.97. The zero-order valence-electron chi connectivity index (χ0n) is 15.4. The molecule has 9 N–H and O–H groups in total. The average molecular weight is 413 g/mol. The molecule has 2 rings (SSSR count). The van der Waals surface area contributed by atoms with E-state index in [9.17, 15) is 35.7 Å². The molecule has 10 unspecified atom stereocenters. The Morgan fingerprint density at radius 2 is 1.32 bits per heavy atom. The molecule has 0 saturated carbocycles. The van der Waals surface area contributed by atoms with Gasteiger partial charge in [0.1, 0.15) is 48.8 Å². The summed E-state index contributed by atoms with van der Waals surface area (Å²) in [6.45, 7) is -0.551. The Labute approximate surface area is 162 Å². The average Bonchev–Trinajstić information content (AvgIpc) is 2.70. The molecule has 0 aromatic heterocycles. The van der Waals surface area contributed by atoms with Gasteiger partial charge in [-0.1, -0.05) is 0 Å². The molecule has 166 valence electrons. The zero-order chi connectivity index (χ0) is 20.8. The smallest absolute Gasteiger partial charge is 0.187 e. The second kappa shape index (κ2) is 11.1. The summed E-state index contributed by atoms with van der Waals surface area (Å²) in [5, 5.41) is 69.1. The minimum Gasteiger partial charge on any atom is -0.394 e. The van der Waals surface area contributed by atoms with Crippen molar-refractivity contribution in [1.29, 1.82) is 0 Å². The van der Waals surface area contributed by atoms with Gasteiger partial charge in [0.25, 0.3) is 0 Å². The summed E-state index contributed by atoms with van der Waals surface area (Å²) in [7, 11) is 0. The summed E-state index contributed by atoms with van der Waals surface area (Å²) < 4.78 is 21.5. The zero-order valence-corrected chi connectivity index (χ0v) is 15.4. The summed E-state index contributed by atoms with van der Waals surface area (Å²) in [6, 6.07) is 0. The quantitative estimate of drug-likeness (QED) is 0.168. The van der Waals surface area contributed by atoms with Crippen LogP contribution in [0.3, 0.4) is 0 Å². The highest BCUT2D eigenvalue weighted by Crippen LogP contribution is 2.29. The van der Waals surface area contributed by atoms with Crippen LogP contribution in [0.4, 0.5) is 0 Å². The van der Waals surface area contributed by atoms with Gasteiger partial charge in [-0.15, -0.1) is 0 Å². The normalized spacial score (nSPS) is 44.6. The molecule has 0 amide bonds. The van der Waals surface area contributed by atoms with E-state index >= 15 is 0 Å². The van der Waals surface area contributed by atoms with Crippen molar-refractivity contribution < 1.29 is 54.7 Å². The van der Waals surface area contributed by atoms with Crippen molar-refractivity contribution in [3.63, 3.8) is 0 Å². The molecule has 0 spiro atoms. The summed E-state index contributed by atoms with van der Waals surface area (Å²) in [5.41, 5.74) is 5.39. The first-order chi connectivity index (χ1) is 13.3. The number of nitrogens with two attached hydrogens (primary N) is 1. The van der Waals surface area contributed by atoms with Crippen molar-refractivity contribution in [3.8, 4) is 0 Å². The van der Waals surface area contributed by atoms with Crippen LogP contribution < -0.4 is 5.73 Å². The van der Waals surface area contributed by atoms with Crippen molar-refractivity contribution in [1.82, 2.24) is 0 Å². The first-order valence-corrected chi connectivity index (χ1v) is 9.25. The van der Waals surface area contributed by atoms with Crippen LogP contribution in [0.25, 0.3) is 0 Å². The molecular formula is C16H31NO11. The second-order valence-electron chi connectivity index (χ2n) is 6.87. The van der Waals surface area contributed by atoms with E-state index in [0.717, 1.165) is 0 Å². The minimum atomic E-state index is -1.70. The van der Waals surface area contributed by atoms with Crippen molar-refractivity contribution in [2.24, 2.45) is 5.73 Å². The van der Waals surface area contributed by atoms with Gasteiger partial charge in [-0.25, -0.2) is 0 Å². The van der Waals surface area contributed by atoms with Gasteiger partial charge in [-0.2, -0.15) is 0 Å². The van der Waals surface area contributed by atoms with Crippen molar-refractivity contribution in [3.05, 3.63) is 0 Å². The fraction of sp³-hybridized carbons (Fsp3) is 1.00. The highest BCUT2D eigenvalue weighted by atomic mass is 16.7. The first kappa shape index (κ1) is 23.8. The summed E-state index contributed by atoms with van der Waals surface area (Å²) in [5.74, 6) is 0. The lowest BCUT2D eigenvalue weighted by molar-refractivity contribution is -0.359. The number of aliphatic hydroxyl groups is 7. The van der Waals surface area contributed by atoms with Crippen molar-refractivity contribution >= 4 is 0 Å². The molecule has 0 radical (unpaired) electrons. The van der Waals surface area contributed by atoms with E-state index in [-0.39, 0.29) is 6.61 Å². The third-order valence-electron chi connectivity index (χ3n) is 4.84. The topological polar surface area (TPSA) is 205 Å². The van der Waals surface area contributed by atoms with Gasteiger partial charge in [-0.05, 0) is 19.4 Å². The fourth-order valence-electron chi connectivity index (χ4n) is 3.14. The molecule has 0 bridgehead atoms. The first-order valence-electron chi connectivity index (χ1n) is 9.25. The van der Waals surface area contributed by atoms with E-state index in [2.05, 4.69) is 0 Å². The second-order valence-corrected chi connectivity index (χ2v) is 6.87. The van der Waals surface area contributed by atoms with Gasteiger partial charge < -0.3 is 60.4 Å². The molecule has 28 heavy (non-hydrogen) atoms. The minimum absolute atomic E-state index is 0.224. The molecule has 0 aromatic carbocycles. The number of hydrogen-bond donors (Lipinski definition) is 8. The molecule has 12 nitrogen and oxygen atoms in total. The molecule has 2 aliphatic heterocycles. The molecule has 2 aliphatic rings. The lowest BCUT2D eigenvalue weighted by Gasteiger charge is -2.45. The van der Waals surface area contributed by atoms with Gasteiger partial charge in [0.15, 0.2) is 12.6 Å². The Morgan fingerprint density at radius 1 is 0.714 bits per heavy atom. The van der Waals surface area contributed by atoms with Crippen LogP contribution in [0.15, 0.2) is 0 Å². The fourth-order valence-corrected chi connectivity index (χ4v) is 3.14. The number of unbranched alkanes of at least 4 members (excludes halogenated alkanes) is 1. The molecule has 2 heterocycles. The summed E-state index contributed by atoms with van der Waals surface area (Å²) in [6.07, 6.45) is -13.2. The Morgan fingerprint density at radius 3 is 1.93 bits per heavy atom. The van der Waals surface area contributed by atoms with Crippen LogP contribution in [0.1, 0.15) is 12.8 Å². The van der Waals surface area contributed by atoms with Gasteiger partial charge in [0.05, 0.1) is 13.2 Å². The maximum atomic E-state index is 10.4. The lowest BCUT2D eigenvalue weighted by Crippen LogP contribution is -2.64. The maximum Gasteiger partial charge on any atom is 0.187 e. The predicted molar refractivity (Wildman–Crippen MR) is 90.6 cm³/mol. The molecule has 0 aromatic rings. The van der Waals surface area contributed by atoms with Gasteiger partial charge in [0, 0.05) is 6.61 Å². The summed E-state index contributed by atoms with van der Waals surface area (Å²) >= 11 is 0. The Hall–Kier alpha value is -0.480. The van der Waals surface area contributed by atoms with Crippen molar-refractivity contribution in [2.75, 3.05) is 26.4 Å². The van der Waals surface area contributed by atoms with E-state index in [1.807, 2.05) is 0 Å². The standard InChI is InChI=1S/C16H31NO11/c17-3-1-2-4-25-15-13(24)11(22)14(8(6-19)27-15)28-16-12(23)10(21)9(20)7(5-18)26-16/h7-16,18-24H,1-6,17H2. The molecule has 2 fully saturated rings. The van der Waals surface area contributed by atoms with Crippen LogP contribution in [-0.2, 0) is 18.9 Å². The Balaban J connectivity index is 2.02. The number of ether oxygens (including phenoxy) is 4. The van der Waals surface area contributed by atoms with Crippen LogP contribution in [0.2, 0.25) is 0 Å². The SMILES string of the molecule is NCCCCOC1OC(CO)C(OC2OC(CO)C(O)C(O)C2O)C(O)C1O. The number of aliphatic hydroxyl groups excluding tert-OH is 7. The van der Waals surface area contributed by atoms with E-state index in [1.54, 1.807) is 0 Å². The van der Waals surface area contributed by atoms with Gasteiger partial charge in [-0.3, -0.25) is 0 Å². The third kappa shape index (κ3) is 5.36. The monoisotopic (exact) mass is 413 g/mol. The Kier molecular flexibility index (Phi) is 9.40. The molecule has 12 heteroatoms. The number of hydrogen-bond acceptors (Lipinski definition) is 12. The largest absolute Gasteiger partial charge is 0.394 e. The summed E-state index contributed by atoms with van der Waals surface area (Å²) in [4.78, 5) is 0.